The summed E-state index contributed by atoms with van der Waals surface area (Å²) in [4.78, 5) is 4.49. The molecule has 0 aliphatic heterocycles. The van der Waals surface area contributed by atoms with Crippen molar-refractivity contribution in [1.29, 1.82) is 0 Å². The summed E-state index contributed by atoms with van der Waals surface area (Å²) >= 11 is 1.71. The molecule has 1 fully saturated rings. The Morgan fingerprint density at radius 2 is 2.24 bits per heavy atom. The van der Waals surface area contributed by atoms with Crippen LogP contribution >= 0.6 is 11.3 Å². The first-order chi connectivity index (χ1) is 8.40. The van der Waals surface area contributed by atoms with E-state index in [1.165, 1.54) is 50.6 Å². The SMILES string of the molecule is CCCNC(CC1CCCCC1)c1cscn1. The Morgan fingerprint density at radius 3 is 2.88 bits per heavy atom. The third kappa shape index (κ3) is 4.07. The lowest BCUT2D eigenvalue weighted by atomic mass is 9.84. The van der Waals surface area contributed by atoms with E-state index >= 15 is 0 Å². The van der Waals surface area contributed by atoms with Crippen LogP contribution in [0.5, 0.6) is 0 Å². The van der Waals surface area contributed by atoms with Crippen LogP contribution < -0.4 is 5.32 Å². The maximum atomic E-state index is 4.49. The van der Waals surface area contributed by atoms with Gasteiger partial charge < -0.3 is 5.32 Å². The summed E-state index contributed by atoms with van der Waals surface area (Å²) in [5.41, 5.74) is 3.21. The van der Waals surface area contributed by atoms with Crippen LogP contribution in [-0.4, -0.2) is 11.5 Å². The number of nitrogens with zero attached hydrogens (tertiary/aromatic N) is 1. The van der Waals surface area contributed by atoms with Gasteiger partial charge in [0.15, 0.2) is 0 Å². The van der Waals surface area contributed by atoms with Gasteiger partial charge in [-0.2, -0.15) is 0 Å². The molecule has 0 bridgehead atoms. The number of hydrogen-bond acceptors (Lipinski definition) is 3. The van der Waals surface area contributed by atoms with Crippen LogP contribution in [0.1, 0.15) is 63.6 Å². The van der Waals surface area contributed by atoms with Crippen molar-refractivity contribution in [3.8, 4) is 0 Å². The van der Waals surface area contributed by atoms with E-state index in [-0.39, 0.29) is 0 Å². The number of thiazole rings is 1. The van der Waals surface area contributed by atoms with Gasteiger partial charge >= 0.3 is 0 Å². The molecule has 1 unspecified atom stereocenters. The molecule has 96 valence electrons. The van der Waals surface area contributed by atoms with Crippen molar-refractivity contribution in [3.63, 3.8) is 0 Å². The van der Waals surface area contributed by atoms with Gasteiger partial charge in [-0.3, -0.25) is 0 Å². The number of rotatable bonds is 6. The second-order valence-electron chi connectivity index (χ2n) is 5.16. The highest BCUT2D eigenvalue weighted by Crippen LogP contribution is 2.31. The highest BCUT2D eigenvalue weighted by atomic mass is 32.1. The van der Waals surface area contributed by atoms with Crippen molar-refractivity contribution in [2.45, 2.75) is 57.9 Å². The highest BCUT2D eigenvalue weighted by Gasteiger charge is 2.20. The minimum Gasteiger partial charge on any atom is -0.309 e. The second kappa shape index (κ2) is 7.12. The quantitative estimate of drug-likeness (QED) is 0.822. The third-order valence-electron chi connectivity index (χ3n) is 3.74. The van der Waals surface area contributed by atoms with Gasteiger partial charge in [-0.15, -0.1) is 11.3 Å². The maximum absolute atomic E-state index is 4.49. The van der Waals surface area contributed by atoms with Gasteiger partial charge in [0.25, 0.3) is 0 Å². The summed E-state index contributed by atoms with van der Waals surface area (Å²) in [5, 5.41) is 5.87. The molecule has 0 amide bonds. The minimum absolute atomic E-state index is 0.490. The van der Waals surface area contributed by atoms with E-state index in [0.29, 0.717) is 6.04 Å². The van der Waals surface area contributed by atoms with Gasteiger partial charge in [-0.05, 0) is 25.3 Å². The molecule has 1 saturated carbocycles. The molecule has 0 spiro atoms. The van der Waals surface area contributed by atoms with E-state index in [9.17, 15) is 0 Å². The molecular weight excluding hydrogens is 228 g/mol. The lowest BCUT2D eigenvalue weighted by Crippen LogP contribution is -2.25. The Morgan fingerprint density at radius 1 is 1.41 bits per heavy atom. The van der Waals surface area contributed by atoms with Crippen molar-refractivity contribution >= 4 is 11.3 Å². The first-order valence-corrected chi connectivity index (χ1v) is 7.96. The van der Waals surface area contributed by atoms with Crippen molar-refractivity contribution in [3.05, 3.63) is 16.6 Å². The van der Waals surface area contributed by atoms with Gasteiger partial charge in [0.2, 0.25) is 0 Å². The Bertz CT molecular complexity index is 291. The molecule has 0 radical (unpaired) electrons. The van der Waals surface area contributed by atoms with Crippen LogP contribution in [-0.2, 0) is 0 Å². The molecule has 1 aromatic rings. The fourth-order valence-corrected chi connectivity index (χ4v) is 3.39. The lowest BCUT2D eigenvalue weighted by Gasteiger charge is -2.26. The van der Waals surface area contributed by atoms with Crippen molar-refractivity contribution in [2.75, 3.05) is 6.54 Å². The average Bonchev–Trinajstić information content (AvgIpc) is 2.89. The van der Waals surface area contributed by atoms with E-state index in [1.54, 1.807) is 11.3 Å². The zero-order chi connectivity index (χ0) is 11.9. The van der Waals surface area contributed by atoms with Gasteiger partial charge in [-0.25, -0.2) is 4.98 Å². The molecular formula is C14H24N2S. The molecule has 1 aliphatic carbocycles. The average molecular weight is 252 g/mol. The van der Waals surface area contributed by atoms with E-state index in [4.69, 9.17) is 0 Å². The molecule has 1 aliphatic rings. The molecule has 1 N–H and O–H groups in total. The molecule has 17 heavy (non-hydrogen) atoms. The fourth-order valence-electron chi connectivity index (χ4n) is 2.78. The number of nitrogens with one attached hydrogen (secondary N) is 1. The molecule has 2 rings (SSSR count). The zero-order valence-electron chi connectivity index (χ0n) is 10.8. The Hall–Kier alpha value is -0.410. The van der Waals surface area contributed by atoms with Crippen LogP contribution in [0.2, 0.25) is 0 Å². The van der Waals surface area contributed by atoms with Crippen LogP contribution in [0.4, 0.5) is 0 Å². The highest BCUT2D eigenvalue weighted by molar-refractivity contribution is 7.07. The van der Waals surface area contributed by atoms with Crippen molar-refractivity contribution in [2.24, 2.45) is 5.92 Å². The van der Waals surface area contributed by atoms with Crippen LogP contribution in [0.15, 0.2) is 10.9 Å². The van der Waals surface area contributed by atoms with E-state index < -0.39 is 0 Å². The van der Waals surface area contributed by atoms with Gasteiger partial charge in [-0.1, -0.05) is 39.0 Å². The Kier molecular flexibility index (Phi) is 5.46. The van der Waals surface area contributed by atoms with Crippen molar-refractivity contribution in [1.82, 2.24) is 10.3 Å². The lowest BCUT2D eigenvalue weighted by molar-refractivity contribution is 0.298. The van der Waals surface area contributed by atoms with Crippen molar-refractivity contribution < 1.29 is 0 Å². The van der Waals surface area contributed by atoms with Crippen LogP contribution in [0, 0.1) is 5.92 Å². The summed E-state index contributed by atoms with van der Waals surface area (Å²) < 4.78 is 0. The molecule has 3 heteroatoms. The molecule has 1 aromatic heterocycles. The first-order valence-electron chi connectivity index (χ1n) is 7.01. The van der Waals surface area contributed by atoms with E-state index in [0.717, 1.165) is 12.5 Å². The standard InChI is InChI=1S/C14H24N2S/c1-2-8-15-13(14-10-17-11-16-14)9-12-6-4-3-5-7-12/h10-13,15H,2-9H2,1H3. The number of aromatic nitrogens is 1. The molecule has 0 aromatic carbocycles. The normalized spacial score (nSPS) is 19.4. The fraction of sp³-hybridized carbons (Fsp3) is 0.786. The topological polar surface area (TPSA) is 24.9 Å². The molecule has 1 atom stereocenters. The summed E-state index contributed by atoms with van der Waals surface area (Å²) in [5.74, 6) is 0.916. The van der Waals surface area contributed by atoms with Crippen LogP contribution in [0.25, 0.3) is 0 Å². The number of hydrogen-bond donors (Lipinski definition) is 1. The maximum Gasteiger partial charge on any atom is 0.0795 e. The monoisotopic (exact) mass is 252 g/mol. The van der Waals surface area contributed by atoms with Gasteiger partial charge in [0.1, 0.15) is 0 Å². The zero-order valence-corrected chi connectivity index (χ0v) is 11.6. The summed E-state index contributed by atoms with van der Waals surface area (Å²) in [6, 6.07) is 0.490. The van der Waals surface area contributed by atoms with Crippen LogP contribution in [0.3, 0.4) is 0 Å². The third-order valence-corrected chi connectivity index (χ3v) is 4.35. The summed E-state index contributed by atoms with van der Waals surface area (Å²) in [7, 11) is 0. The Balaban J connectivity index is 1.90. The summed E-state index contributed by atoms with van der Waals surface area (Å²) in [6.45, 7) is 3.33. The largest absolute Gasteiger partial charge is 0.309 e. The molecule has 0 saturated heterocycles. The van der Waals surface area contributed by atoms with Gasteiger partial charge in [0, 0.05) is 5.38 Å². The minimum atomic E-state index is 0.490. The van der Waals surface area contributed by atoms with Gasteiger partial charge in [0.05, 0.1) is 17.2 Å². The van der Waals surface area contributed by atoms with E-state index in [2.05, 4.69) is 22.6 Å². The predicted molar refractivity (Wildman–Crippen MR) is 74.3 cm³/mol. The first kappa shape index (κ1) is 13.0. The smallest absolute Gasteiger partial charge is 0.0795 e. The molecule has 2 nitrogen and oxygen atoms in total. The Labute approximate surface area is 109 Å². The molecule has 1 heterocycles. The van der Waals surface area contributed by atoms with E-state index in [1.807, 2.05) is 5.51 Å². The predicted octanol–water partition coefficient (Wildman–Crippen LogP) is 4.15. The summed E-state index contributed by atoms with van der Waals surface area (Å²) in [6.07, 6.45) is 9.64. The second-order valence-corrected chi connectivity index (χ2v) is 5.88.